The molecular formula is C14H13BrF2NO3PS. The summed E-state index contributed by atoms with van der Waals surface area (Å²) in [4.78, 5) is 21.6. The molecule has 0 amide bonds. The topological polar surface area (TPSA) is 70.4 Å². The van der Waals surface area contributed by atoms with Gasteiger partial charge < -0.3 is 9.79 Å². The Hall–Kier alpha value is -0.790. The van der Waals surface area contributed by atoms with E-state index in [1.807, 2.05) is 0 Å². The summed E-state index contributed by atoms with van der Waals surface area (Å²) >= 11 is 7.56. The summed E-state index contributed by atoms with van der Waals surface area (Å²) in [6.45, 7) is 1.79. The average Bonchev–Trinajstić information content (AvgIpc) is 2.46. The van der Waals surface area contributed by atoms with Crippen LogP contribution in [0.5, 0.6) is 0 Å². The number of halogens is 3. The lowest BCUT2D eigenvalue weighted by molar-refractivity contribution is 0.0557. The predicted molar refractivity (Wildman–Crippen MR) is 89.8 cm³/mol. The van der Waals surface area contributed by atoms with E-state index < -0.39 is 23.6 Å². The Morgan fingerprint density at radius 1 is 1.17 bits per heavy atom. The summed E-state index contributed by atoms with van der Waals surface area (Å²) in [6.07, 6.45) is 3.18. The van der Waals surface area contributed by atoms with E-state index in [1.165, 1.54) is 12.1 Å². The highest BCUT2D eigenvalue weighted by molar-refractivity contribution is 9.10. The van der Waals surface area contributed by atoms with Crippen LogP contribution in [0.3, 0.4) is 0 Å². The van der Waals surface area contributed by atoms with Crippen LogP contribution in [0.25, 0.3) is 0 Å². The molecule has 1 unspecified atom stereocenters. The molecule has 0 spiro atoms. The third-order valence-corrected chi connectivity index (χ3v) is 5.61. The second-order valence-electron chi connectivity index (χ2n) is 5.09. The predicted octanol–water partition coefficient (Wildman–Crippen LogP) is 4.26. The maximum Gasteiger partial charge on any atom is 0.399 e. The van der Waals surface area contributed by atoms with Crippen molar-refractivity contribution in [2.24, 2.45) is 0 Å². The minimum Gasteiger partial charge on any atom is -0.320 e. The zero-order chi connectivity index (χ0) is 17.5. The number of hydrogen-bond acceptors (Lipinski definition) is 3. The van der Waals surface area contributed by atoms with Crippen LogP contribution in [0.2, 0.25) is 0 Å². The van der Waals surface area contributed by atoms with E-state index in [1.54, 1.807) is 31.5 Å². The lowest BCUT2D eigenvalue weighted by atomic mass is 9.92. The number of pyridine rings is 1. The van der Waals surface area contributed by atoms with Gasteiger partial charge in [-0.1, -0.05) is 28.1 Å². The zero-order valence-electron chi connectivity index (χ0n) is 11.8. The van der Waals surface area contributed by atoms with Crippen molar-refractivity contribution >= 4 is 36.2 Å². The van der Waals surface area contributed by atoms with Crippen LogP contribution in [0, 0.1) is 0 Å². The van der Waals surface area contributed by atoms with Gasteiger partial charge in [0.05, 0.1) is 4.75 Å². The van der Waals surface area contributed by atoms with E-state index in [-0.39, 0.29) is 4.47 Å². The zero-order valence-corrected chi connectivity index (χ0v) is 15.2. The van der Waals surface area contributed by atoms with Gasteiger partial charge in [0, 0.05) is 22.4 Å². The molecule has 1 heterocycles. The molecular weight excluding hydrogens is 411 g/mol. The molecule has 0 saturated carbocycles. The third kappa shape index (κ3) is 3.51. The largest absolute Gasteiger partial charge is 0.399 e. The van der Waals surface area contributed by atoms with Gasteiger partial charge in [-0.2, -0.15) is 21.4 Å². The van der Waals surface area contributed by atoms with Gasteiger partial charge in [0.1, 0.15) is 0 Å². The fourth-order valence-corrected chi connectivity index (χ4v) is 3.64. The van der Waals surface area contributed by atoms with E-state index in [4.69, 9.17) is 9.79 Å². The summed E-state index contributed by atoms with van der Waals surface area (Å²) in [5.74, 6) is 0. The number of rotatable bonds is 4. The summed E-state index contributed by atoms with van der Waals surface area (Å²) in [5.41, 5.74) is -3.65. The smallest absolute Gasteiger partial charge is 0.320 e. The van der Waals surface area contributed by atoms with Gasteiger partial charge >= 0.3 is 13.3 Å². The van der Waals surface area contributed by atoms with Crippen molar-refractivity contribution in [2.45, 2.75) is 17.3 Å². The summed E-state index contributed by atoms with van der Waals surface area (Å²) in [7, 11) is -5.62. The Labute approximate surface area is 145 Å². The SMILES string of the molecule is CC(S)(c1ccncc1)c1ccc(C(F)(F)P(=O)(O)O)c(Br)c1. The minimum absolute atomic E-state index is 0.0994. The molecule has 0 aliphatic rings. The first-order valence-corrected chi connectivity index (χ1v) is 9.20. The van der Waals surface area contributed by atoms with E-state index in [0.717, 1.165) is 11.6 Å². The molecule has 4 nitrogen and oxygen atoms in total. The van der Waals surface area contributed by atoms with Crippen molar-refractivity contribution in [3.8, 4) is 0 Å². The number of benzene rings is 1. The summed E-state index contributed by atoms with van der Waals surface area (Å²) in [6, 6.07) is 7.25. The van der Waals surface area contributed by atoms with Gasteiger partial charge in [-0.25, -0.2) is 0 Å². The Balaban J connectivity index is 2.51. The van der Waals surface area contributed by atoms with Crippen molar-refractivity contribution in [3.05, 3.63) is 63.9 Å². The fraction of sp³-hybridized carbons (Fsp3) is 0.214. The molecule has 124 valence electrons. The van der Waals surface area contributed by atoms with Crippen LogP contribution in [0.15, 0.2) is 47.2 Å². The second-order valence-corrected chi connectivity index (χ2v) is 8.49. The molecule has 0 fully saturated rings. The molecule has 9 heteroatoms. The van der Waals surface area contributed by atoms with E-state index in [2.05, 4.69) is 33.5 Å². The monoisotopic (exact) mass is 423 g/mol. The summed E-state index contributed by atoms with van der Waals surface area (Å²) < 4.78 is 37.8. The molecule has 1 atom stereocenters. The van der Waals surface area contributed by atoms with Crippen molar-refractivity contribution in [3.63, 3.8) is 0 Å². The first-order valence-electron chi connectivity index (χ1n) is 6.35. The molecule has 0 saturated heterocycles. The van der Waals surface area contributed by atoms with Crippen molar-refractivity contribution in [2.75, 3.05) is 0 Å². The van der Waals surface area contributed by atoms with Crippen molar-refractivity contribution in [1.29, 1.82) is 0 Å². The van der Waals surface area contributed by atoms with E-state index in [0.29, 0.717) is 5.56 Å². The van der Waals surface area contributed by atoms with E-state index in [9.17, 15) is 13.3 Å². The summed E-state index contributed by atoms with van der Waals surface area (Å²) in [5, 5.41) is 0. The van der Waals surface area contributed by atoms with Crippen LogP contribution < -0.4 is 0 Å². The maximum absolute atomic E-state index is 13.9. The van der Waals surface area contributed by atoms with Crippen LogP contribution in [0.1, 0.15) is 23.6 Å². The van der Waals surface area contributed by atoms with Gasteiger partial charge in [-0.3, -0.25) is 9.55 Å². The second kappa shape index (κ2) is 6.26. The quantitative estimate of drug-likeness (QED) is 0.507. The van der Waals surface area contributed by atoms with Crippen molar-refractivity contribution in [1.82, 2.24) is 4.98 Å². The highest BCUT2D eigenvalue weighted by atomic mass is 79.9. The molecule has 1 aromatic carbocycles. The molecule has 0 aliphatic carbocycles. The van der Waals surface area contributed by atoms with Crippen LogP contribution in [-0.4, -0.2) is 14.8 Å². The minimum atomic E-state index is -5.62. The van der Waals surface area contributed by atoms with Crippen molar-refractivity contribution < 1.29 is 23.1 Å². The number of aromatic nitrogens is 1. The standard InChI is InChI=1S/C14H13BrF2NO3PS/c1-13(23,9-4-6-18-7-5-9)10-2-3-11(12(15)8-10)14(16,17)22(19,20)21/h2-8,23H,1H3,(H2,19,20,21). The average molecular weight is 424 g/mol. The normalized spacial score (nSPS) is 15.3. The maximum atomic E-state index is 13.9. The third-order valence-electron chi connectivity index (χ3n) is 3.46. The lowest BCUT2D eigenvalue weighted by Gasteiger charge is -2.26. The molecule has 0 aliphatic heterocycles. The van der Waals surface area contributed by atoms with Crippen LogP contribution in [-0.2, 0) is 15.0 Å². The van der Waals surface area contributed by atoms with Crippen LogP contribution >= 0.6 is 36.2 Å². The Morgan fingerprint density at radius 2 is 1.74 bits per heavy atom. The molecule has 1 aromatic heterocycles. The Kier molecular flexibility index (Phi) is 5.05. The first kappa shape index (κ1) is 18.5. The van der Waals surface area contributed by atoms with E-state index >= 15 is 0 Å². The number of hydrogen-bond donors (Lipinski definition) is 3. The van der Waals surface area contributed by atoms with Gasteiger partial charge in [-0.15, -0.1) is 0 Å². The molecule has 0 bridgehead atoms. The van der Waals surface area contributed by atoms with Gasteiger partial charge in [-0.05, 0) is 36.2 Å². The number of thiol groups is 1. The molecule has 2 rings (SSSR count). The Morgan fingerprint density at radius 3 is 2.22 bits per heavy atom. The lowest BCUT2D eigenvalue weighted by Crippen LogP contribution is -2.18. The van der Waals surface area contributed by atoms with Gasteiger partial charge in [0.15, 0.2) is 0 Å². The number of nitrogens with zero attached hydrogens (tertiary/aromatic N) is 1. The highest BCUT2D eigenvalue weighted by Crippen LogP contribution is 2.60. The highest BCUT2D eigenvalue weighted by Gasteiger charge is 2.51. The molecule has 23 heavy (non-hydrogen) atoms. The molecule has 2 aromatic rings. The van der Waals surface area contributed by atoms with Gasteiger partial charge in [0.25, 0.3) is 0 Å². The fourth-order valence-electron chi connectivity index (χ4n) is 2.06. The Bertz CT molecular complexity index is 768. The first-order chi connectivity index (χ1) is 10.5. The molecule has 0 radical (unpaired) electrons. The van der Waals surface area contributed by atoms with Gasteiger partial charge in [0.2, 0.25) is 0 Å². The molecule has 2 N–H and O–H groups in total. The number of alkyl halides is 2. The van der Waals surface area contributed by atoms with Crippen LogP contribution in [0.4, 0.5) is 8.78 Å².